The topological polar surface area (TPSA) is 63.1 Å². The number of hydrogen-bond acceptors (Lipinski definition) is 3. The van der Waals surface area contributed by atoms with E-state index >= 15 is 0 Å². The Morgan fingerprint density at radius 1 is 1.24 bits per heavy atom. The van der Waals surface area contributed by atoms with Crippen LogP contribution in [0.5, 0.6) is 5.75 Å². The normalized spacial score (nSPS) is 22.9. The Morgan fingerprint density at radius 2 is 1.84 bits per heavy atom. The van der Waals surface area contributed by atoms with E-state index in [1.165, 1.54) is 4.90 Å². The van der Waals surface area contributed by atoms with Gasteiger partial charge in [-0.15, -0.1) is 0 Å². The van der Waals surface area contributed by atoms with Crippen molar-refractivity contribution in [2.75, 3.05) is 33.2 Å². The zero-order chi connectivity index (χ0) is 18.0. The van der Waals surface area contributed by atoms with Crippen LogP contribution in [0.15, 0.2) is 24.3 Å². The second-order valence-corrected chi connectivity index (χ2v) is 7.11. The number of amides is 2. The number of nitrogens with one attached hydrogen (secondary N) is 2. The van der Waals surface area contributed by atoms with Crippen molar-refractivity contribution in [3.63, 3.8) is 0 Å². The summed E-state index contributed by atoms with van der Waals surface area (Å²) >= 11 is 0. The molecule has 6 nitrogen and oxygen atoms in total. The summed E-state index contributed by atoms with van der Waals surface area (Å²) in [6, 6.07) is 7.25. The Hall–Kier alpha value is -2.08. The van der Waals surface area contributed by atoms with E-state index in [1.807, 2.05) is 43.0 Å². The first-order chi connectivity index (χ1) is 12.0. The van der Waals surface area contributed by atoms with Crippen LogP contribution in [-0.4, -0.2) is 56.2 Å². The van der Waals surface area contributed by atoms with E-state index in [2.05, 4.69) is 12.4 Å². The lowest BCUT2D eigenvalue weighted by Gasteiger charge is -2.47. The SMILES string of the molecule is CCC1(CC)C(=O)N[C@@H]1Oc1ccc(C(=O)N2CC[NH+](C)CC2)cc1. The Kier molecular flexibility index (Phi) is 4.99. The second-order valence-electron chi connectivity index (χ2n) is 7.11. The van der Waals surface area contributed by atoms with E-state index < -0.39 is 5.41 Å². The standard InChI is InChI=1S/C19H27N3O3/c1-4-19(5-2)17(24)20-18(19)25-15-8-6-14(7-9-15)16(23)22-12-10-21(3)11-13-22/h6-9,18H,4-5,10-13H2,1-3H3,(H,20,24)/p+1/t18-/m1/s1. The van der Waals surface area contributed by atoms with Gasteiger partial charge in [-0.2, -0.15) is 0 Å². The first-order valence-corrected chi connectivity index (χ1v) is 9.18. The fourth-order valence-corrected chi connectivity index (χ4v) is 3.61. The molecular weight excluding hydrogens is 318 g/mol. The van der Waals surface area contributed by atoms with Gasteiger partial charge in [-0.3, -0.25) is 9.59 Å². The lowest BCUT2D eigenvalue weighted by Crippen LogP contribution is -3.12. The zero-order valence-electron chi connectivity index (χ0n) is 15.3. The quantitative estimate of drug-likeness (QED) is 0.754. The van der Waals surface area contributed by atoms with Crippen molar-refractivity contribution in [3.05, 3.63) is 29.8 Å². The van der Waals surface area contributed by atoms with Gasteiger partial charge in [-0.1, -0.05) is 13.8 Å². The molecule has 2 saturated heterocycles. The third-order valence-electron chi connectivity index (χ3n) is 5.74. The number of hydrogen-bond donors (Lipinski definition) is 2. The number of likely N-dealkylation sites (N-methyl/N-ethyl adjacent to an activating group) is 1. The third-order valence-corrected chi connectivity index (χ3v) is 5.74. The number of rotatable bonds is 5. The van der Waals surface area contributed by atoms with E-state index in [1.54, 1.807) is 0 Å². The molecule has 2 N–H and O–H groups in total. The molecule has 2 fully saturated rings. The molecule has 0 radical (unpaired) electrons. The van der Waals surface area contributed by atoms with E-state index in [4.69, 9.17) is 4.74 Å². The summed E-state index contributed by atoms with van der Waals surface area (Å²) in [5.41, 5.74) is 0.248. The Morgan fingerprint density at radius 3 is 2.36 bits per heavy atom. The molecular formula is C19H28N3O3+. The van der Waals surface area contributed by atoms with Crippen LogP contribution in [0.25, 0.3) is 0 Å². The highest BCUT2D eigenvalue weighted by atomic mass is 16.5. The number of benzene rings is 1. The number of quaternary nitrogens is 1. The molecule has 2 amide bonds. The minimum atomic E-state index is -0.434. The van der Waals surface area contributed by atoms with Crippen LogP contribution in [0.3, 0.4) is 0 Å². The Labute approximate surface area is 149 Å². The van der Waals surface area contributed by atoms with Crippen LogP contribution in [0.1, 0.15) is 37.0 Å². The average Bonchev–Trinajstić information content (AvgIpc) is 2.63. The summed E-state index contributed by atoms with van der Waals surface area (Å²) < 4.78 is 5.95. The molecule has 0 bridgehead atoms. The van der Waals surface area contributed by atoms with Gasteiger partial charge in [0.15, 0.2) is 6.23 Å². The minimum absolute atomic E-state index is 0.0616. The largest absolute Gasteiger partial charge is 0.470 e. The van der Waals surface area contributed by atoms with Gasteiger partial charge < -0.3 is 19.9 Å². The van der Waals surface area contributed by atoms with E-state index in [0.717, 1.165) is 39.0 Å². The molecule has 1 aromatic rings. The molecule has 25 heavy (non-hydrogen) atoms. The maximum absolute atomic E-state index is 12.6. The molecule has 1 aromatic carbocycles. The van der Waals surface area contributed by atoms with Gasteiger partial charge in [-0.25, -0.2) is 0 Å². The van der Waals surface area contributed by atoms with Gasteiger partial charge in [0.05, 0.1) is 33.2 Å². The van der Waals surface area contributed by atoms with Crippen molar-refractivity contribution in [2.45, 2.75) is 32.9 Å². The number of ether oxygens (including phenoxy) is 1. The van der Waals surface area contributed by atoms with E-state index in [0.29, 0.717) is 11.3 Å². The molecule has 2 aliphatic rings. The zero-order valence-corrected chi connectivity index (χ0v) is 15.3. The van der Waals surface area contributed by atoms with Crippen LogP contribution < -0.4 is 15.0 Å². The highest BCUT2D eigenvalue weighted by Crippen LogP contribution is 2.39. The predicted molar refractivity (Wildman–Crippen MR) is 94.5 cm³/mol. The molecule has 1 atom stereocenters. The third kappa shape index (κ3) is 3.23. The van der Waals surface area contributed by atoms with Gasteiger partial charge in [0.2, 0.25) is 5.91 Å². The molecule has 0 saturated carbocycles. The van der Waals surface area contributed by atoms with Gasteiger partial charge in [-0.05, 0) is 37.1 Å². The fourth-order valence-electron chi connectivity index (χ4n) is 3.61. The molecule has 0 aliphatic carbocycles. The molecule has 0 unspecified atom stereocenters. The molecule has 0 aromatic heterocycles. The van der Waals surface area contributed by atoms with Crippen LogP contribution in [-0.2, 0) is 4.79 Å². The minimum Gasteiger partial charge on any atom is -0.470 e. The van der Waals surface area contributed by atoms with Crippen molar-refractivity contribution >= 4 is 11.8 Å². The van der Waals surface area contributed by atoms with Crippen molar-refractivity contribution in [2.24, 2.45) is 5.41 Å². The smallest absolute Gasteiger partial charge is 0.254 e. The maximum Gasteiger partial charge on any atom is 0.254 e. The molecule has 136 valence electrons. The average molecular weight is 346 g/mol. The molecule has 3 rings (SSSR count). The lowest BCUT2D eigenvalue weighted by atomic mass is 9.73. The van der Waals surface area contributed by atoms with Gasteiger partial charge in [0.1, 0.15) is 11.2 Å². The van der Waals surface area contributed by atoms with Gasteiger partial charge in [0, 0.05) is 5.56 Å². The summed E-state index contributed by atoms with van der Waals surface area (Å²) in [6.07, 6.45) is 1.21. The predicted octanol–water partition coefficient (Wildman–Crippen LogP) is 0.298. The lowest BCUT2D eigenvalue weighted by molar-refractivity contribution is -0.883. The fraction of sp³-hybridized carbons (Fsp3) is 0.579. The highest BCUT2D eigenvalue weighted by Gasteiger charge is 2.54. The number of β-lactam (4-membered cyclic amide) rings is 1. The van der Waals surface area contributed by atoms with Gasteiger partial charge >= 0.3 is 0 Å². The van der Waals surface area contributed by atoms with Gasteiger partial charge in [0.25, 0.3) is 5.91 Å². The van der Waals surface area contributed by atoms with Crippen molar-refractivity contribution in [1.29, 1.82) is 0 Å². The van der Waals surface area contributed by atoms with Crippen molar-refractivity contribution in [1.82, 2.24) is 10.2 Å². The Bertz CT molecular complexity index is 632. The molecule has 2 heterocycles. The monoisotopic (exact) mass is 346 g/mol. The summed E-state index contributed by atoms with van der Waals surface area (Å²) in [4.78, 5) is 27.9. The van der Waals surface area contributed by atoms with Crippen LogP contribution >= 0.6 is 0 Å². The van der Waals surface area contributed by atoms with E-state index in [9.17, 15) is 9.59 Å². The second kappa shape index (κ2) is 7.04. The van der Waals surface area contributed by atoms with Crippen molar-refractivity contribution in [3.8, 4) is 5.75 Å². The highest BCUT2D eigenvalue weighted by molar-refractivity contribution is 5.94. The number of piperazine rings is 1. The summed E-state index contributed by atoms with van der Waals surface area (Å²) in [6.45, 7) is 7.60. The van der Waals surface area contributed by atoms with Crippen molar-refractivity contribution < 1.29 is 19.2 Å². The Balaban J connectivity index is 1.63. The number of nitrogens with zero attached hydrogens (tertiary/aromatic N) is 1. The van der Waals surface area contributed by atoms with E-state index in [-0.39, 0.29) is 18.0 Å². The summed E-state index contributed by atoms with van der Waals surface area (Å²) in [5, 5.41) is 2.84. The van der Waals surface area contributed by atoms with Crippen LogP contribution in [0, 0.1) is 5.41 Å². The number of carbonyl (C=O) groups is 2. The molecule has 0 spiro atoms. The molecule has 6 heteroatoms. The van der Waals surface area contributed by atoms with Crippen LogP contribution in [0.4, 0.5) is 0 Å². The van der Waals surface area contributed by atoms with Crippen LogP contribution in [0.2, 0.25) is 0 Å². The first kappa shape index (κ1) is 17.7. The summed E-state index contributed by atoms with van der Waals surface area (Å²) in [5.74, 6) is 0.814. The number of carbonyl (C=O) groups excluding carboxylic acids is 2. The molecule has 2 aliphatic heterocycles. The maximum atomic E-state index is 12.6. The first-order valence-electron chi connectivity index (χ1n) is 9.18. The summed E-state index contributed by atoms with van der Waals surface area (Å²) in [7, 11) is 2.15.